The monoisotopic (exact) mass is 412 g/mol. The molecule has 0 saturated heterocycles. The Kier molecular flexibility index (Phi) is 4.59. The Bertz CT molecular complexity index is 551. The summed E-state index contributed by atoms with van der Waals surface area (Å²) in [4.78, 5) is 2.52. The number of thiophene rings is 1. The van der Waals surface area contributed by atoms with Crippen LogP contribution >= 0.6 is 66.4 Å². The molecule has 0 bridgehead atoms. The third kappa shape index (κ3) is 3.07. The lowest BCUT2D eigenvalue weighted by atomic mass is 10.1. The molecule has 0 aliphatic heterocycles. The Labute approximate surface area is 131 Å². The van der Waals surface area contributed by atoms with Crippen LogP contribution in [0.5, 0.6) is 0 Å². The van der Waals surface area contributed by atoms with E-state index in [4.69, 9.17) is 23.2 Å². The molecule has 5 heteroatoms. The predicted molar refractivity (Wildman–Crippen MR) is 84.0 cm³/mol. The fourth-order valence-corrected chi connectivity index (χ4v) is 5.15. The fraction of sp³-hybridized carbons (Fsp3) is 0.167. The number of alkyl halides is 1. The van der Waals surface area contributed by atoms with E-state index in [0.717, 1.165) is 10.0 Å². The molecule has 1 aromatic carbocycles. The second-order valence-corrected chi connectivity index (χ2v) is 7.50. The van der Waals surface area contributed by atoms with Crippen molar-refractivity contribution in [1.82, 2.24) is 0 Å². The van der Waals surface area contributed by atoms with E-state index < -0.39 is 0 Å². The van der Waals surface area contributed by atoms with Crippen molar-refractivity contribution in [2.75, 3.05) is 0 Å². The van der Waals surface area contributed by atoms with Crippen LogP contribution in [0.15, 0.2) is 28.7 Å². The molecule has 1 atom stereocenters. The second kappa shape index (κ2) is 5.62. The quantitative estimate of drug-likeness (QED) is 0.485. The molecule has 17 heavy (non-hydrogen) atoms. The molecule has 0 aliphatic carbocycles. The van der Waals surface area contributed by atoms with Crippen molar-refractivity contribution in [2.45, 2.75) is 11.8 Å². The summed E-state index contributed by atoms with van der Waals surface area (Å²) in [5.41, 5.74) is 0.988. The molecule has 1 aromatic heterocycles. The van der Waals surface area contributed by atoms with Crippen LogP contribution in [0.2, 0.25) is 10.0 Å². The largest absolute Gasteiger partial charge is 0.143 e. The van der Waals surface area contributed by atoms with Gasteiger partial charge < -0.3 is 0 Å². The molecule has 0 amide bonds. The van der Waals surface area contributed by atoms with Crippen LogP contribution < -0.4 is 0 Å². The zero-order chi connectivity index (χ0) is 12.6. The maximum atomic E-state index is 6.20. The topological polar surface area (TPSA) is 0 Å². The van der Waals surface area contributed by atoms with E-state index in [1.807, 2.05) is 12.1 Å². The van der Waals surface area contributed by atoms with Crippen molar-refractivity contribution < 1.29 is 0 Å². The van der Waals surface area contributed by atoms with Gasteiger partial charge in [-0.25, -0.2) is 0 Å². The standard InChI is InChI=1S/C12H8Br2Cl2S/c1-6-4-9(13)12(17-6)11(14)8-5-7(15)2-3-10(8)16/h2-5,11H,1H3. The molecule has 1 heterocycles. The lowest BCUT2D eigenvalue weighted by molar-refractivity contribution is 1.21. The highest BCUT2D eigenvalue weighted by Gasteiger charge is 2.19. The highest BCUT2D eigenvalue weighted by Crippen LogP contribution is 2.43. The SMILES string of the molecule is Cc1cc(Br)c(C(Br)c2cc(Cl)ccc2Cl)s1. The smallest absolute Gasteiger partial charge is 0.0764 e. The van der Waals surface area contributed by atoms with Crippen LogP contribution in [0.25, 0.3) is 0 Å². The lowest BCUT2D eigenvalue weighted by Crippen LogP contribution is -1.91. The Hall–Kier alpha value is 0.460. The van der Waals surface area contributed by atoms with Crippen molar-refractivity contribution in [3.8, 4) is 0 Å². The van der Waals surface area contributed by atoms with Crippen LogP contribution in [-0.2, 0) is 0 Å². The number of benzene rings is 1. The first-order valence-corrected chi connectivity index (χ1v) is 8.12. The van der Waals surface area contributed by atoms with Crippen LogP contribution in [0.4, 0.5) is 0 Å². The summed E-state index contributed by atoms with van der Waals surface area (Å²) in [7, 11) is 0. The molecule has 2 aromatic rings. The first kappa shape index (κ1) is 13.9. The predicted octanol–water partition coefficient (Wildman–Crippen LogP) is 6.61. The summed E-state index contributed by atoms with van der Waals surface area (Å²) in [5.74, 6) is 0. The molecule has 1 unspecified atom stereocenters. The second-order valence-electron chi connectivity index (χ2n) is 3.60. The van der Waals surface area contributed by atoms with Crippen LogP contribution in [0.1, 0.15) is 20.1 Å². The van der Waals surface area contributed by atoms with E-state index in [0.29, 0.717) is 10.0 Å². The van der Waals surface area contributed by atoms with E-state index in [9.17, 15) is 0 Å². The third-order valence-electron chi connectivity index (χ3n) is 2.30. The van der Waals surface area contributed by atoms with Gasteiger partial charge in [-0.1, -0.05) is 39.1 Å². The number of rotatable bonds is 2. The van der Waals surface area contributed by atoms with Crippen molar-refractivity contribution in [2.24, 2.45) is 0 Å². The molecule has 90 valence electrons. The van der Waals surface area contributed by atoms with Gasteiger partial charge >= 0.3 is 0 Å². The molecular formula is C12H8Br2Cl2S. The molecule has 2 rings (SSSR count). The van der Waals surface area contributed by atoms with Gasteiger partial charge in [0.15, 0.2) is 0 Å². The number of hydrogen-bond donors (Lipinski definition) is 0. The Morgan fingerprint density at radius 1 is 1.24 bits per heavy atom. The zero-order valence-electron chi connectivity index (χ0n) is 8.81. The van der Waals surface area contributed by atoms with Gasteiger partial charge in [0.05, 0.1) is 4.83 Å². The fourth-order valence-electron chi connectivity index (χ4n) is 1.52. The van der Waals surface area contributed by atoms with Gasteiger partial charge in [-0.2, -0.15) is 0 Å². The van der Waals surface area contributed by atoms with Crippen molar-refractivity contribution in [3.05, 3.63) is 54.1 Å². The van der Waals surface area contributed by atoms with E-state index in [2.05, 4.69) is 44.8 Å². The number of hydrogen-bond acceptors (Lipinski definition) is 1. The normalized spacial score (nSPS) is 12.8. The maximum Gasteiger partial charge on any atom is 0.0764 e. The molecule has 0 N–H and O–H groups in total. The van der Waals surface area contributed by atoms with Crippen molar-refractivity contribution in [3.63, 3.8) is 0 Å². The Balaban J connectivity index is 2.46. The maximum absolute atomic E-state index is 6.20. The number of aryl methyl sites for hydroxylation is 1. The van der Waals surface area contributed by atoms with E-state index in [-0.39, 0.29) is 4.83 Å². The van der Waals surface area contributed by atoms with E-state index in [1.54, 1.807) is 17.4 Å². The molecule has 0 radical (unpaired) electrons. The average molecular weight is 415 g/mol. The van der Waals surface area contributed by atoms with Gasteiger partial charge in [0, 0.05) is 24.3 Å². The summed E-state index contributed by atoms with van der Waals surface area (Å²) >= 11 is 21.2. The first-order chi connectivity index (χ1) is 7.99. The summed E-state index contributed by atoms with van der Waals surface area (Å²) in [6, 6.07) is 7.61. The molecule has 0 aliphatic rings. The highest BCUT2D eigenvalue weighted by molar-refractivity contribution is 9.11. The summed E-state index contributed by atoms with van der Waals surface area (Å²) in [5, 5.41) is 1.41. The first-order valence-electron chi connectivity index (χ1n) is 4.84. The average Bonchev–Trinajstić information content (AvgIpc) is 2.60. The van der Waals surface area contributed by atoms with Crippen molar-refractivity contribution in [1.29, 1.82) is 0 Å². The highest BCUT2D eigenvalue weighted by atomic mass is 79.9. The zero-order valence-corrected chi connectivity index (χ0v) is 14.3. The molecule has 0 saturated carbocycles. The lowest BCUT2D eigenvalue weighted by Gasteiger charge is -2.11. The Morgan fingerprint density at radius 3 is 2.53 bits per heavy atom. The van der Waals surface area contributed by atoms with Crippen LogP contribution in [0.3, 0.4) is 0 Å². The minimum atomic E-state index is 0.0572. The van der Waals surface area contributed by atoms with Crippen LogP contribution in [0, 0.1) is 6.92 Å². The van der Waals surface area contributed by atoms with Gasteiger partial charge in [-0.3, -0.25) is 0 Å². The van der Waals surface area contributed by atoms with E-state index in [1.165, 1.54) is 9.75 Å². The molecule has 0 spiro atoms. The molecular weight excluding hydrogens is 407 g/mol. The minimum Gasteiger partial charge on any atom is -0.143 e. The minimum absolute atomic E-state index is 0.0572. The Morgan fingerprint density at radius 2 is 1.94 bits per heavy atom. The molecule has 0 fully saturated rings. The van der Waals surface area contributed by atoms with Gasteiger partial charge in [0.2, 0.25) is 0 Å². The summed E-state index contributed by atoms with van der Waals surface area (Å²) in [6.07, 6.45) is 0. The van der Waals surface area contributed by atoms with Gasteiger partial charge in [0.1, 0.15) is 0 Å². The third-order valence-corrected chi connectivity index (χ3v) is 6.16. The summed E-state index contributed by atoms with van der Waals surface area (Å²) in [6.45, 7) is 2.08. The molecule has 0 nitrogen and oxygen atoms in total. The van der Waals surface area contributed by atoms with Crippen molar-refractivity contribution >= 4 is 66.4 Å². The van der Waals surface area contributed by atoms with Gasteiger partial charge in [0.25, 0.3) is 0 Å². The van der Waals surface area contributed by atoms with Gasteiger partial charge in [-0.15, -0.1) is 11.3 Å². The number of halogens is 4. The van der Waals surface area contributed by atoms with Gasteiger partial charge in [-0.05, 0) is 52.7 Å². The summed E-state index contributed by atoms with van der Waals surface area (Å²) < 4.78 is 1.10. The van der Waals surface area contributed by atoms with Crippen LogP contribution in [-0.4, -0.2) is 0 Å². The van der Waals surface area contributed by atoms with E-state index >= 15 is 0 Å².